The molecular weight excluding hydrogens is 458 g/mol. The number of para-hydroxylation sites is 2. The van der Waals surface area contributed by atoms with Gasteiger partial charge in [0.1, 0.15) is 11.8 Å². The summed E-state index contributed by atoms with van der Waals surface area (Å²) in [5.74, 6) is -2.75. The van der Waals surface area contributed by atoms with Crippen LogP contribution >= 0.6 is 11.8 Å². The predicted molar refractivity (Wildman–Crippen MR) is 116 cm³/mol. The molecule has 0 fully saturated rings. The lowest BCUT2D eigenvalue weighted by Crippen LogP contribution is -2.46. The van der Waals surface area contributed by atoms with Gasteiger partial charge in [-0.05, 0) is 42.7 Å². The number of hydrogen-bond acceptors (Lipinski definition) is 7. The van der Waals surface area contributed by atoms with Crippen LogP contribution in [0.4, 0.5) is 14.5 Å². The Bertz CT molecular complexity index is 1030. The van der Waals surface area contributed by atoms with E-state index in [0.717, 1.165) is 4.90 Å². The molecule has 11 heteroatoms. The summed E-state index contributed by atoms with van der Waals surface area (Å²) >= 11 is 1.41. The Morgan fingerprint density at radius 1 is 1.03 bits per heavy atom. The second-order valence-corrected chi connectivity index (χ2v) is 7.84. The fourth-order valence-corrected chi connectivity index (χ4v) is 3.72. The van der Waals surface area contributed by atoms with Crippen LogP contribution in [0.15, 0.2) is 48.5 Å². The van der Waals surface area contributed by atoms with E-state index < -0.39 is 43.0 Å². The van der Waals surface area contributed by atoms with E-state index in [4.69, 9.17) is 4.74 Å². The van der Waals surface area contributed by atoms with Gasteiger partial charge in [-0.2, -0.15) is 20.5 Å². The third-order valence-electron chi connectivity index (χ3n) is 4.73. The molecule has 1 heterocycles. The van der Waals surface area contributed by atoms with Crippen LogP contribution in [-0.4, -0.2) is 59.9 Å². The molecule has 3 amide bonds. The first-order valence-electron chi connectivity index (χ1n) is 9.79. The Hall–Kier alpha value is -3.47. The van der Waals surface area contributed by atoms with Crippen molar-refractivity contribution in [2.45, 2.75) is 19.1 Å². The van der Waals surface area contributed by atoms with E-state index in [-0.39, 0.29) is 29.0 Å². The Morgan fingerprint density at radius 2 is 1.64 bits per heavy atom. The molecule has 0 saturated heterocycles. The second kappa shape index (κ2) is 10.9. The molecule has 33 heavy (non-hydrogen) atoms. The predicted octanol–water partition coefficient (Wildman–Crippen LogP) is 3.19. The average molecular weight is 478 g/mol. The number of carbonyl (C=O) groups is 4. The molecule has 0 radical (unpaired) electrons. The number of hydrogen-bond donors (Lipinski definition) is 1. The molecule has 1 aliphatic rings. The number of amides is 3. The molecule has 0 aliphatic carbocycles. The van der Waals surface area contributed by atoms with Crippen LogP contribution in [0, 0.1) is 0 Å². The van der Waals surface area contributed by atoms with Crippen LogP contribution in [0.25, 0.3) is 0 Å². The topological polar surface area (TPSA) is 102 Å². The van der Waals surface area contributed by atoms with Gasteiger partial charge in [-0.25, -0.2) is 4.79 Å². The molecule has 0 spiro atoms. The fourth-order valence-electron chi connectivity index (χ4n) is 3.26. The number of anilines is 1. The van der Waals surface area contributed by atoms with Gasteiger partial charge < -0.3 is 14.8 Å². The number of nitrogens with one attached hydrogen (secondary N) is 1. The van der Waals surface area contributed by atoms with Gasteiger partial charge in [0.05, 0.1) is 16.8 Å². The van der Waals surface area contributed by atoms with Gasteiger partial charge in [0.25, 0.3) is 17.7 Å². The molecule has 0 aromatic heterocycles. The molecule has 174 valence electrons. The largest absolute Gasteiger partial charge is 0.454 e. The van der Waals surface area contributed by atoms with Crippen LogP contribution in [0.1, 0.15) is 27.1 Å². The Balaban J connectivity index is 1.68. The first kappa shape index (κ1) is 24.2. The number of benzene rings is 2. The molecule has 0 bridgehead atoms. The zero-order valence-corrected chi connectivity index (χ0v) is 18.3. The maximum Gasteiger partial charge on any atom is 0.387 e. The molecule has 1 N–H and O–H groups in total. The first-order chi connectivity index (χ1) is 15.8. The van der Waals surface area contributed by atoms with Gasteiger partial charge in [0.2, 0.25) is 0 Å². The average Bonchev–Trinajstić information content (AvgIpc) is 3.04. The number of carbonyl (C=O) groups excluding carboxylic acids is 4. The van der Waals surface area contributed by atoms with Crippen LogP contribution < -0.4 is 10.1 Å². The molecule has 3 rings (SSSR count). The summed E-state index contributed by atoms with van der Waals surface area (Å²) in [6.45, 7) is -3.83. The minimum atomic E-state index is -3.09. The first-order valence-corrected chi connectivity index (χ1v) is 11.2. The minimum Gasteiger partial charge on any atom is -0.454 e. The van der Waals surface area contributed by atoms with Crippen LogP contribution in [0.3, 0.4) is 0 Å². The molecule has 1 aliphatic heterocycles. The summed E-state index contributed by atoms with van der Waals surface area (Å²) in [5, 5.41) is 2.33. The SMILES string of the molecule is CSCC[C@H](C(=O)OCC(=O)Nc1ccccc1OC(F)F)N1C(=O)c2ccccc2C1=O. The fraction of sp³-hybridized carbons (Fsp3) is 0.273. The number of fused-ring (bicyclic) bond motifs is 1. The highest BCUT2D eigenvalue weighted by atomic mass is 32.2. The van der Waals surface area contributed by atoms with Crippen molar-refractivity contribution in [2.24, 2.45) is 0 Å². The van der Waals surface area contributed by atoms with Gasteiger partial charge in [-0.1, -0.05) is 24.3 Å². The van der Waals surface area contributed by atoms with Crippen molar-refractivity contribution in [3.8, 4) is 5.75 Å². The minimum absolute atomic E-state index is 0.0295. The van der Waals surface area contributed by atoms with Gasteiger partial charge in [-0.15, -0.1) is 0 Å². The van der Waals surface area contributed by atoms with Crippen molar-refractivity contribution in [2.75, 3.05) is 23.9 Å². The number of halogens is 2. The zero-order valence-electron chi connectivity index (χ0n) is 17.5. The molecule has 1 atom stereocenters. The zero-order chi connectivity index (χ0) is 24.0. The monoisotopic (exact) mass is 478 g/mol. The van der Waals surface area contributed by atoms with E-state index in [1.807, 2.05) is 0 Å². The van der Waals surface area contributed by atoms with E-state index in [2.05, 4.69) is 10.1 Å². The van der Waals surface area contributed by atoms with E-state index in [1.54, 1.807) is 18.4 Å². The summed E-state index contributed by atoms with van der Waals surface area (Å²) in [6.07, 6.45) is 1.94. The summed E-state index contributed by atoms with van der Waals surface area (Å²) in [6, 6.07) is 10.5. The summed E-state index contributed by atoms with van der Waals surface area (Å²) < 4.78 is 34.5. The van der Waals surface area contributed by atoms with Gasteiger partial charge >= 0.3 is 12.6 Å². The third kappa shape index (κ3) is 5.67. The van der Waals surface area contributed by atoms with Crippen molar-refractivity contribution in [3.05, 3.63) is 59.7 Å². The van der Waals surface area contributed by atoms with E-state index in [0.29, 0.717) is 5.75 Å². The highest BCUT2D eigenvalue weighted by molar-refractivity contribution is 7.98. The van der Waals surface area contributed by atoms with Crippen molar-refractivity contribution in [1.29, 1.82) is 0 Å². The maximum atomic E-state index is 12.8. The van der Waals surface area contributed by atoms with Gasteiger partial charge in [0.15, 0.2) is 6.61 Å². The lowest BCUT2D eigenvalue weighted by Gasteiger charge is -2.24. The summed E-state index contributed by atoms with van der Waals surface area (Å²) in [5.41, 5.74) is 0.355. The number of alkyl halides is 2. The van der Waals surface area contributed by atoms with Gasteiger partial charge in [0, 0.05) is 0 Å². The lowest BCUT2D eigenvalue weighted by atomic mass is 10.1. The molecular formula is C22H20F2N2O6S. The Kier molecular flexibility index (Phi) is 7.99. The van der Waals surface area contributed by atoms with Crippen molar-refractivity contribution in [1.82, 2.24) is 4.90 Å². The second-order valence-electron chi connectivity index (χ2n) is 6.85. The van der Waals surface area contributed by atoms with E-state index >= 15 is 0 Å². The molecule has 0 unspecified atom stereocenters. The number of rotatable bonds is 10. The molecule has 2 aromatic rings. The number of ether oxygens (including phenoxy) is 2. The van der Waals surface area contributed by atoms with Crippen LogP contribution in [0.5, 0.6) is 5.75 Å². The smallest absolute Gasteiger partial charge is 0.387 e. The molecule has 8 nitrogen and oxygen atoms in total. The van der Waals surface area contributed by atoms with E-state index in [9.17, 15) is 28.0 Å². The maximum absolute atomic E-state index is 12.8. The quantitative estimate of drug-likeness (QED) is 0.413. The number of thioether (sulfide) groups is 1. The summed E-state index contributed by atoms with van der Waals surface area (Å²) in [4.78, 5) is 51.4. The summed E-state index contributed by atoms with van der Waals surface area (Å²) in [7, 11) is 0. The number of nitrogens with zero attached hydrogens (tertiary/aromatic N) is 1. The van der Waals surface area contributed by atoms with Gasteiger partial charge in [-0.3, -0.25) is 19.3 Å². The molecule has 2 aromatic carbocycles. The molecule has 0 saturated carbocycles. The number of esters is 1. The third-order valence-corrected chi connectivity index (χ3v) is 5.37. The van der Waals surface area contributed by atoms with Crippen LogP contribution in [0.2, 0.25) is 0 Å². The highest BCUT2D eigenvalue weighted by Crippen LogP contribution is 2.27. The lowest BCUT2D eigenvalue weighted by molar-refractivity contribution is -0.151. The van der Waals surface area contributed by atoms with Crippen molar-refractivity contribution >= 4 is 41.1 Å². The van der Waals surface area contributed by atoms with Crippen molar-refractivity contribution < 1.29 is 37.4 Å². The normalized spacial score (nSPS) is 13.6. The van der Waals surface area contributed by atoms with E-state index in [1.165, 1.54) is 48.2 Å². The standard InChI is InChI=1S/C22H20F2N2O6S/c1-33-11-10-16(26-19(28)13-6-2-3-7-14(13)20(26)29)21(30)31-12-18(27)25-15-8-4-5-9-17(15)32-22(23)24/h2-9,16,22H,10-12H2,1H3,(H,25,27)/t16-/m1/s1. The number of imide groups is 1. The van der Waals surface area contributed by atoms with Crippen LogP contribution in [-0.2, 0) is 14.3 Å². The highest BCUT2D eigenvalue weighted by Gasteiger charge is 2.43. The Morgan fingerprint density at radius 3 is 2.24 bits per heavy atom. The Labute approximate surface area is 192 Å². The van der Waals surface area contributed by atoms with Crippen molar-refractivity contribution in [3.63, 3.8) is 0 Å².